The van der Waals surface area contributed by atoms with Gasteiger partial charge < -0.3 is 19.5 Å². The van der Waals surface area contributed by atoms with Gasteiger partial charge in [0.05, 0.1) is 6.42 Å². The molecule has 1 unspecified atom stereocenters. The predicted molar refractivity (Wildman–Crippen MR) is 114 cm³/mol. The van der Waals surface area contributed by atoms with Crippen LogP contribution in [0.1, 0.15) is 52.0 Å². The van der Waals surface area contributed by atoms with Crippen molar-refractivity contribution in [3.8, 4) is 0 Å². The summed E-state index contributed by atoms with van der Waals surface area (Å²) in [5, 5.41) is 4.32. The van der Waals surface area contributed by atoms with E-state index in [2.05, 4.69) is 10.7 Å². The van der Waals surface area contributed by atoms with E-state index < -0.39 is 23.9 Å². The normalized spacial score (nSPS) is 16.9. The highest BCUT2D eigenvalue weighted by atomic mass is 16.6. The van der Waals surface area contributed by atoms with Crippen molar-refractivity contribution in [2.45, 2.75) is 64.8 Å². The Balaban J connectivity index is 1.66. The van der Waals surface area contributed by atoms with Crippen LogP contribution in [-0.2, 0) is 30.3 Å². The number of hydrogen-bond donors (Lipinski definition) is 2. The Morgan fingerprint density at radius 2 is 1.87 bits per heavy atom. The molecule has 0 radical (unpaired) electrons. The Hall–Kier alpha value is -2.65. The van der Waals surface area contributed by atoms with Gasteiger partial charge in [0.25, 0.3) is 0 Å². The molecule has 1 saturated heterocycles. The van der Waals surface area contributed by atoms with Gasteiger partial charge in [0, 0.05) is 13.1 Å². The van der Waals surface area contributed by atoms with Gasteiger partial charge in [-0.3, -0.25) is 10.2 Å². The number of hydrazine groups is 1. The molecule has 31 heavy (non-hydrogen) atoms. The van der Waals surface area contributed by atoms with Gasteiger partial charge in [-0.15, -0.1) is 0 Å². The van der Waals surface area contributed by atoms with E-state index in [1.165, 1.54) is 0 Å². The quantitative estimate of drug-likeness (QED) is 0.574. The average Bonchev–Trinajstić information content (AvgIpc) is 2.71. The van der Waals surface area contributed by atoms with Crippen molar-refractivity contribution < 1.29 is 28.6 Å². The fourth-order valence-electron chi connectivity index (χ4n) is 3.01. The van der Waals surface area contributed by atoms with Gasteiger partial charge in [0.15, 0.2) is 0 Å². The van der Waals surface area contributed by atoms with Crippen molar-refractivity contribution in [1.82, 2.24) is 15.8 Å². The number of hydrogen-bond acceptors (Lipinski definition) is 7. The zero-order valence-electron chi connectivity index (χ0n) is 18.5. The highest BCUT2D eigenvalue weighted by Gasteiger charge is 2.26. The largest absolute Gasteiger partial charge is 0.458 e. The van der Waals surface area contributed by atoms with Crippen LogP contribution >= 0.6 is 0 Å². The topological polar surface area (TPSA) is 106 Å². The van der Waals surface area contributed by atoms with E-state index in [1.54, 1.807) is 25.8 Å². The van der Waals surface area contributed by atoms with Crippen LogP contribution in [0.4, 0.5) is 4.79 Å². The Kier molecular flexibility index (Phi) is 9.74. The second-order valence-corrected chi connectivity index (χ2v) is 8.30. The first kappa shape index (κ1) is 24.6. The molecule has 172 valence electrons. The van der Waals surface area contributed by atoms with E-state index in [-0.39, 0.29) is 25.5 Å². The van der Waals surface area contributed by atoms with E-state index in [0.717, 1.165) is 18.4 Å². The molecule has 0 aromatic heterocycles. The lowest BCUT2D eigenvalue weighted by Gasteiger charge is -2.35. The van der Waals surface area contributed by atoms with Crippen LogP contribution in [0, 0.1) is 0 Å². The number of esters is 1. The van der Waals surface area contributed by atoms with Crippen molar-refractivity contribution in [3.05, 3.63) is 35.9 Å². The summed E-state index contributed by atoms with van der Waals surface area (Å²) in [6.07, 6.45) is 1.59. The smallest absolute Gasteiger partial charge is 0.407 e. The Labute approximate surface area is 183 Å². The van der Waals surface area contributed by atoms with Gasteiger partial charge in [-0.2, -0.15) is 5.01 Å². The number of piperidine rings is 1. The zero-order valence-corrected chi connectivity index (χ0v) is 18.5. The molecular formula is C22H33N3O6. The summed E-state index contributed by atoms with van der Waals surface area (Å²) in [5.74, 6) is -0.733. The Bertz CT molecular complexity index is 720. The van der Waals surface area contributed by atoms with Crippen LogP contribution in [0.2, 0.25) is 0 Å². The van der Waals surface area contributed by atoms with Crippen LogP contribution < -0.4 is 10.7 Å². The molecule has 2 rings (SSSR count). The van der Waals surface area contributed by atoms with Crippen molar-refractivity contribution in [1.29, 1.82) is 0 Å². The molecule has 1 aromatic carbocycles. The molecule has 0 bridgehead atoms. The molecule has 0 spiro atoms. The molecule has 9 nitrogen and oxygen atoms in total. The number of carbonyl (C=O) groups excluding carboxylic acids is 3. The summed E-state index contributed by atoms with van der Waals surface area (Å²) in [7, 11) is 0. The van der Waals surface area contributed by atoms with Gasteiger partial charge in [0.1, 0.15) is 25.0 Å². The minimum Gasteiger partial charge on any atom is -0.458 e. The van der Waals surface area contributed by atoms with Crippen LogP contribution in [0.25, 0.3) is 0 Å². The molecule has 2 amide bonds. The second-order valence-electron chi connectivity index (χ2n) is 8.30. The number of nitrogens with one attached hydrogen (secondary N) is 2. The molecule has 0 aliphatic carbocycles. The molecular weight excluding hydrogens is 402 g/mol. The van der Waals surface area contributed by atoms with Crippen LogP contribution in [-0.4, -0.2) is 54.6 Å². The monoisotopic (exact) mass is 435 g/mol. The molecule has 1 heterocycles. The fourth-order valence-corrected chi connectivity index (χ4v) is 3.01. The van der Waals surface area contributed by atoms with Crippen molar-refractivity contribution in [3.63, 3.8) is 0 Å². The van der Waals surface area contributed by atoms with E-state index in [9.17, 15) is 14.4 Å². The van der Waals surface area contributed by atoms with E-state index in [1.807, 2.05) is 30.3 Å². The summed E-state index contributed by atoms with van der Waals surface area (Å²) in [6, 6.07) is 9.47. The van der Waals surface area contributed by atoms with Crippen molar-refractivity contribution >= 4 is 18.0 Å². The third-order valence-corrected chi connectivity index (χ3v) is 4.37. The van der Waals surface area contributed by atoms with Gasteiger partial charge in [-0.05, 0) is 45.6 Å². The Morgan fingerprint density at radius 1 is 1.13 bits per heavy atom. The maximum absolute atomic E-state index is 12.2. The first-order chi connectivity index (χ1) is 14.7. The standard InChI is InChI=1S/C22H33N3O6/c1-22(2,3)31-20(27)16-30-19-11-7-8-13-25(19)24-18(26)12-14-29-21(28)23-15-17-9-5-4-6-10-17/h4-6,9-10,19H,7-8,11-16H2,1-3H3,(H,23,28)(H,24,26). The Morgan fingerprint density at radius 3 is 2.58 bits per heavy atom. The maximum Gasteiger partial charge on any atom is 0.407 e. The third kappa shape index (κ3) is 10.3. The summed E-state index contributed by atoms with van der Waals surface area (Å²) in [5.41, 5.74) is 3.16. The molecule has 1 atom stereocenters. The summed E-state index contributed by atoms with van der Waals surface area (Å²) < 4.78 is 16.0. The van der Waals surface area contributed by atoms with E-state index >= 15 is 0 Å². The van der Waals surface area contributed by atoms with Gasteiger partial charge >= 0.3 is 12.1 Å². The lowest BCUT2D eigenvalue weighted by Crippen LogP contribution is -2.52. The van der Waals surface area contributed by atoms with Crippen LogP contribution in [0.5, 0.6) is 0 Å². The molecule has 9 heteroatoms. The summed E-state index contributed by atoms with van der Waals surface area (Å²) in [6.45, 7) is 6.13. The number of amides is 2. The highest BCUT2D eigenvalue weighted by molar-refractivity contribution is 5.76. The molecule has 1 aromatic rings. The minimum atomic E-state index is -0.576. The first-order valence-electron chi connectivity index (χ1n) is 10.6. The molecule has 1 aliphatic rings. The maximum atomic E-state index is 12.2. The van der Waals surface area contributed by atoms with Crippen molar-refractivity contribution in [2.75, 3.05) is 19.8 Å². The number of rotatable bonds is 9. The number of carbonyl (C=O) groups is 3. The third-order valence-electron chi connectivity index (χ3n) is 4.37. The van der Waals surface area contributed by atoms with Gasteiger partial charge in [-0.25, -0.2) is 9.59 Å². The zero-order chi connectivity index (χ0) is 22.7. The molecule has 1 fully saturated rings. The average molecular weight is 436 g/mol. The highest BCUT2D eigenvalue weighted by Crippen LogP contribution is 2.16. The van der Waals surface area contributed by atoms with Crippen LogP contribution in [0.15, 0.2) is 30.3 Å². The number of nitrogens with zero attached hydrogens (tertiary/aromatic N) is 1. The van der Waals surface area contributed by atoms with Crippen LogP contribution in [0.3, 0.4) is 0 Å². The van der Waals surface area contributed by atoms with E-state index in [4.69, 9.17) is 14.2 Å². The molecule has 1 aliphatic heterocycles. The fraction of sp³-hybridized carbons (Fsp3) is 0.591. The minimum absolute atomic E-state index is 0.0219. The van der Waals surface area contributed by atoms with Gasteiger partial charge in [0.2, 0.25) is 5.91 Å². The molecule has 0 saturated carbocycles. The number of ether oxygens (including phenoxy) is 3. The van der Waals surface area contributed by atoms with E-state index in [0.29, 0.717) is 19.5 Å². The predicted octanol–water partition coefficient (Wildman–Crippen LogP) is 2.50. The van der Waals surface area contributed by atoms with Gasteiger partial charge in [-0.1, -0.05) is 30.3 Å². The summed E-state index contributed by atoms with van der Waals surface area (Å²) >= 11 is 0. The molecule has 2 N–H and O–H groups in total. The summed E-state index contributed by atoms with van der Waals surface area (Å²) in [4.78, 5) is 35.9. The number of alkyl carbamates (subject to hydrolysis) is 1. The van der Waals surface area contributed by atoms with Crippen molar-refractivity contribution in [2.24, 2.45) is 0 Å². The second kappa shape index (κ2) is 12.3. The first-order valence-corrected chi connectivity index (χ1v) is 10.6. The lowest BCUT2D eigenvalue weighted by molar-refractivity contribution is -0.172. The lowest BCUT2D eigenvalue weighted by atomic mass is 10.1. The number of benzene rings is 1. The SMILES string of the molecule is CC(C)(C)OC(=O)COC1CCCCN1NC(=O)CCOC(=O)NCc1ccccc1.